The van der Waals surface area contributed by atoms with Crippen molar-refractivity contribution >= 4 is 18.2 Å². The van der Waals surface area contributed by atoms with Crippen LogP contribution in [0, 0.1) is 12.7 Å². The molecule has 0 heterocycles. The van der Waals surface area contributed by atoms with Crippen molar-refractivity contribution in [1.82, 2.24) is 10.2 Å². The smallest absolute Gasteiger partial charge is 0.337 e. The minimum Gasteiger partial charge on any atom is -0.478 e. The fourth-order valence-corrected chi connectivity index (χ4v) is 2.00. The first-order valence-electron chi connectivity index (χ1n) is 7.08. The van der Waals surface area contributed by atoms with Crippen LogP contribution in [-0.4, -0.2) is 42.3 Å². The number of benzene rings is 1. The Morgan fingerprint density at radius 1 is 1.33 bits per heavy atom. The van der Waals surface area contributed by atoms with Gasteiger partial charge in [-0.25, -0.2) is 9.18 Å². The summed E-state index contributed by atoms with van der Waals surface area (Å²) < 4.78 is 14.0. The average molecular weight is 334 g/mol. The van der Waals surface area contributed by atoms with Gasteiger partial charge in [-0.2, -0.15) is 0 Å². The van der Waals surface area contributed by atoms with Gasteiger partial charge in [-0.05, 0) is 18.6 Å². The van der Waals surface area contributed by atoms with Crippen molar-refractivity contribution in [2.45, 2.75) is 13.5 Å². The van der Waals surface area contributed by atoms with Crippen molar-refractivity contribution in [2.24, 2.45) is 0 Å². The second kappa shape index (κ2) is 8.61. The van der Waals surface area contributed by atoms with Crippen LogP contribution in [0.25, 0.3) is 0 Å². The molecule has 0 radical (unpaired) electrons. The number of carboxylic acid groups (broad SMARTS) is 1. The number of rotatable bonds is 7. The average Bonchev–Trinajstić information content (AvgIpc) is 2.54. The number of nitrogens with one attached hydrogen (secondary N) is 1. The molecule has 0 aliphatic carbocycles. The molecule has 1 aromatic rings. The Morgan fingerprint density at radius 2 is 2.00 bits per heavy atom. The van der Waals surface area contributed by atoms with E-state index in [1.54, 1.807) is 32.2 Å². The summed E-state index contributed by atoms with van der Waals surface area (Å²) in [5.74, 6) is -2.36. The molecular weight excluding hydrogens is 315 g/mol. The van der Waals surface area contributed by atoms with E-state index in [1.807, 2.05) is 0 Å². The van der Waals surface area contributed by atoms with Crippen LogP contribution in [0.5, 0.6) is 0 Å². The molecule has 0 atom stereocenters. The predicted molar refractivity (Wildman–Crippen MR) is 86.5 cm³/mol. The predicted octanol–water partition coefficient (Wildman–Crippen LogP) is 1.41. The number of aliphatic carboxylic acids is 1. The van der Waals surface area contributed by atoms with Gasteiger partial charge in [0.1, 0.15) is 5.82 Å². The molecule has 0 saturated carbocycles. The van der Waals surface area contributed by atoms with Gasteiger partial charge >= 0.3 is 5.97 Å². The van der Waals surface area contributed by atoms with E-state index >= 15 is 0 Å². The van der Waals surface area contributed by atoms with Gasteiger partial charge in [0.2, 0.25) is 0 Å². The van der Waals surface area contributed by atoms with E-state index in [1.165, 1.54) is 18.1 Å². The minimum absolute atomic E-state index is 0.133. The third-order valence-corrected chi connectivity index (χ3v) is 3.23. The van der Waals surface area contributed by atoms with Gasteiger partial charge in [-0.3, -0.25) is 9.59 Å². The zero-order valence-electron chi connectivity index (χ0n) is 13.7. The molecule has 0 unspecified atom stereocenters. The van der Waals surface area contributed by atoms with E-state index in [0.717, 1.165) is 6.08 Å². The van der Waals surface area contributed by atoms with Gasteiger partial charge in [0, 0.05) is 32.4 Å². The van der Waals surface area contributed by atoms with Crippen molar-refractivity contribution in [2.75, 3.05) is 14.1 Å². The molecule has 1 aromatic carbocycles. The largest absolute Gasteiger partial charge is 0.478 e. The van der Waals surface area contributed by atoms with Gasteiger partial charge in [0.25, 0.3) is 5.91 Å². The summed E-state index contributed by atoms with van der Waals surface area (Å²) >= 11 is 0. The Labute approximate surface area is 139 Å². The van der Waals surface area contributed by atoms with Crippen LogP contribution in [0.2, 0.25) is 0 Å². The second-order valence-corrected chi connectivity index (χ2v) is 5.15. The van der Waals surface area contributed by atoms with Gasteiger partial charge in [0.05, 0.1) is 11.1 Å². The lowest BCUT2D eigenvalue weighted by atomic mass is 10.1. The minimum atomic E-state index is -1.31. The Hall–Kier alpha value is -2.96. The summed E-state index contributed by atoms with van der Waals surface area (Å²) in [6, 6.07) is 4.95. The highest BCUT2D eigenvalue weighted by Gasteiger charge is 2.13. The van der Waals surface area contributed by atoms with Crippen LogP contribution in [0.1, 0.15) is 11.1 Å². The summed E-state index contributed by atoms with van der Waals surface area (Å²) in [7, 11) is 2.90. The third kappa shape index (κ3) is 5.05. The quantitative estimate of drug-likeness (QED) is 0.259. The van der Waals surface area contributed by atoms with Gasteiger partial charge in [0.15, 0.2) is 6.29 Å². The van der Waals surface area contributed by atoms with Gasteiger partial charge in [-0.15, -0.1) is 0 Å². The Balaban J connectivity index is 3.09. The molecule has 7 heteroatoms. The van der Waals surface area contributed by atoms with Crippen LogP contribution >= 0.6 is 0 Å². The molecule has 0 aliphatic rings. The number of aryl methyl sites for hydroxylation is 1. The molecule has 2 N–H and O–H groups in total. The highest BCUT2D eigenvalue weighted by atomic mass is 19.1. The van der Waals surface area contributed by atoms with Crippen LogP contribution in [0.4, 0.5) is 4.39 Å². The van der Waals surface area contributed by atoms with E-state index < -0.39 is 11.9 Å². The second-order valence-electron chi connectivity index (χ2n) is 5.15. The lowest BCUT2D eigenvalue weighted by Crippen LogP contribution is -2.21. The number of amides is 1. The number of carbonyl (C=O) groups excluding carboxylic acids is 2. The van der Waals surface area contributed by atoms with E-state index in [0.29, 0.717) is 11.1 Å². The van der Waals surface area contributed by atoms with Crippen molar-refractivity contribution in [3.8, 4) is 0 Å². The highest BCUT2D eigenvalue weighted by Crippen LogP contribution is 2.14. The normalized spacial score (nSPS) is 11.8. The summed E-state index contributed by atoms with van der Waals surface area (Å²) in [6.45, 7) is 1.77. The molecular formula is C17H19FN2O4. The number of nitrogens with zero attached hydrogens (tertiary/aromatic N) is 1. The molecule has 6 nitrogen and oxygen atoms in total. The fourth-order valence-electron chi connectivity index (χ4n) is 2.00. The summed E-state index contributed by atoms with van der Waals surface area (Å²) in [5, 5.41) is 11.5. The first kappa shape index (κ1) is 19.1. The van der Waals surface area contributed by atoms with Crippen molar-refractivity contribution in [1.29, 1.82) is 0 Å². The van der Waals surface area contributed by atoms with Crippen LogP contribution in [0.15, 0.2) is 41.6 Å². The molecule has 0 saturated heterocycles. The van der Waals surface area contributed by atoms with E-state index in [4.69, 9.17) is 0 Å². The van der Waals surface area contributed by atoms with Gasteiger partial charge < -0.3 is 15.3 Å². The molecule has 0 bridgehead atoms. The standard InChI is InChI=1S/C17H19FN2O4/c1-11-5-4-6-12(15(11)18)8-20(3)9-13(17(23)24)7-14(10-21)16(22)19-2/h4-7,9-10H,8H2,1-3H3,(H,19,22)(H,23,24)/b13-9+,14-7+. The zero-order valence-corrected chi connectivity index (χ0v) is 13.7. The van der Waals surface area contributed by atoms with Crippen molar-refractivity contribution in [3.05, 3.63) is 58.6 Å². The number of likely N-dealkylation sites (N-methyl/N-ethyl adjacent to an activating group) is 1. The number of carboxylic acids is 1. The maximum atomic E-state index is 14.0. The molecule has 1 amide bonds. The fraction of sp³-hybridized carbons (Fsp3) is 0.235. The van der Waals surface area contributed by atoms with E-state index in [-0.39, 0.29) is 29.8 Å². The topological polar surface area (TPSA) is 86.7 Å². The first-order chi connectivity index (χ1) is 11.3. The molecule has 0 fully saturated rings. The molecule has 128 valence electrons. The molecule has 0 spiro atoms. The highest BCUT2D eigenvalue weighted by molar-refractivity contribution is 6.12. The number of hydrogen-bond donors (Lipinski definition) is 2. The van der Waals surface area contributed by atoms with Crippen LogP contribution in [-0.2, 0) is 20.9 Å². The molecule has 1 rings (SSSR count). The summed E-state index contributed by atoms with van der Waals surface area (Å²) in [4.78, 5) is 35.1. The lowest BCUT2D eigenvalue weighted by Gasteiger charge is -2.16. The molecule has 0 aromatic heterocycles. The van der Waals surface area contributed by atoms with Gasteiger partial charge in [-0.1, -0.05) is 18.2 Å². The number of halogens is 1. The Morgan fingerprint density at radius 3 is 2.54 bits per heavy atom. The van der Waals surface area contributed by atoms with E-state index in [9.17, 15) is 23.9 Å². The van der Waals surface area contributed by atoms with Crippen LogP contribution < -0.4 is 5.32 Å². The van der Waals surface area contributed by atoms with Crippen LogP contribution in [0.3, 0.4) is 0 Å². The maximum Gasteiger partial charge on any atom is 0.337 e. The number of hydrogen-bond acceptors (Lipinski definition) is 4. The van der Waals surface area contributed by atoms with E-state index in [2.05, 4.69) is 5.32 Å². The Kier molecular flexibility index (Phi) is 6.85. The van der Waals surface area contributed by atoms with Crippen molar-refractivity contribution < 1.29 is 23.9 Å². The first-order valence-corrected chi connectivity index (χ1v) is 7.08. The SMILES string of the molecule is CNC(=O)/C(C=O)=C/C(=C\N(C)Cc1cccc(C)c1F)C(=O)O. The number of aldehydes is 1. The lowest BCUT2D eigenvalue weighted by molar-refractivity contribution is -0.132. The van der Waals surface area contributed by atoms with Crippen molar-refractivity contribution in [3.63, 3.8) is 0 Å². The summed E-state index contributed by atoms with van der Waals surface area (Å²) in [6.07, 6.45) is 2.48. The summed E-state index contributed by atoms with van der Waals surface area (Å²) in [5.41, 5.74) is 0.313. The maximum absolute atomic E-state index is 14.0. The Bertz CT molecular complexity index is 711. The number of carbonyl (C=O) groups is 3. The molecule has 24 heavy (non-hydrogen) atoms. The third-order valence-electron chi connectivity index (χ3n) is 3.23. The zero-order chi connectivity index (χ0) is 18.3. The molecule has 0 aliphatic heterocycles. The monoisotopic (exact) mass is 334 g/mol.